The van der Waals surface area contributed by atoms with Crippen LogP contribution in [0.1, 0.15) is 25.0 Å². The maximum atomic E-state index is 12.8. The van der Waals surface area contributed by atoms with Crippen LogP contribution in [-0.2, 0) is 37.1 Å². The summed E-state index contributed by atoms with van der Waals surface area (Å²) in [4.78, 5) is 4.37. The van der Waals surface area contributed by atoms with Crippen molar-refractivity contribution in [2.24, 2.45) is 0 Å². The quantitative estimate of drug-likeness (QED) is 0.551. The van der Waals surface area contributed by atoms with Crippen molar-refractivity contribution in [2.45, 2.75) is 31.0 Å². The number of hydrogen-bond acceptors (Lipinski definition) is 7. The van der Waals surface area contributed by atoms with E-state index in [1.54, 1.807) is 19.9 Å². The zero-order chi connectivity index (χ0) is 23.2. The van der Waals surface area contributed by atoms with Crippen LogP contribution in [0.25, 0.3) is 0 Å². The molecule has 1 aromatic carbocycles. The van der Waals surface area contributed by atoms with Gasteiger partial charge >= 0.3 is 0 Å². The molecular weight excluding hydrogens is 452 g/mol. The molecule has 1 N–H and O–H groups in total. The molecule has 0 aliphatic carbocycles. The molecule has 176 valence electrons. The highest BCUT2D eigenvalue weighted by atomic mass is 32.2. The lowest BCUT2D eigenvalue weighted by atomic mass is 10.1. The van der Waals surface area contributed by atoms with Crippen LogP contribution in [-0.4, -0.2) is 69.8 Å². The second kappa shape index (κ2) is 10.7. The largest absolute Gasteiger partial charge is 0.379 e. The minimum Gasteiger partial charge on any atom is -0.379 e. The average Bonchev–Trinajstić information content (AvgIpc) is 2.80. The van der Waals surface area contributed by atoms with E-state index in [4.69, 9.17) is 4.74 Å². The molecule has 11 heteroatoms. The minimum absolute atomic E-state index is 0.0840. The van der Waals surface area contributed by atoms with Crippen molar-refractivity contribution >= 4 is 25.9 Å². The lowest BCUT2D eigenvalue weighted by Crippen LogP contribution is -2.41. The van der Waals surface area contributed by atoms with E-state index in [1.165, 1.54) is 20.9 Å². The molecule has 0 bridgehead atoms. The molecule has 0 unspecified atom stereocenters. The molecule has 3 rings (SSSR count). The molecule has 0 atom stereocenters. The Morgan fingerprint density at radius 3 is 2.25 bits per heavy atom. The van der Waals surface area contributed by atoms with Gasteiger partial charge in [-0.3, -0.25) is 0 Å². The molecule has 1 fully saturated rings. The first kappa shape index (κ1) is 24.6. The predicted molar refractivity (Wildman–Crippen MR) is 123 cm³/mol. The molecule has 2 aromatic rings. The summed E-state index contributed by atoms with van der Waals surface area (Å²) in [6.45, 7) is 6.30. The smallest absolute Gasteiger partial charge is 0.244 e. The van der Waals surface area contributed by atoms with Crippen LogP contribution in [0.5, 0.6) is 0 Å². The molecule has 9 nitrogen and oxygen atoms in total. The summed E-state index contributed by atoms with van der Waals surface area (Å²) in [5.74, 6) is 0.425. The van der Waals surface area contributed by atoms with E-state index in [1.807, 2.05) is 24.3 Å². The van der Waals surface area contributed by atoms with Gasteiger partial charge in [-0.15, -0.1) is 0 Å². The number of ether oxygens (including phenoxy) is 1. The molecule has 1 aliphatic heterocycles. The third-order valence-corrected chi connectivity index (χ3v) is 9.22. The van der Waals surface area contributed by atoms with E-state index in [2.05, 4.69) is 10.3 Å². The minimum atomic E-state index is -3.56. The van der Waals surface area contributed by atoms with Crippen LogP contribution in [0.15, 0.2) is 47.5 Å². The van der Waals surface area contributed by atoms with Gasteiger partial charge < -0.3 is 10.1 Å². The Morgan fingerprint density at radius 2 is 1.66 bits per heavy atom. The summed E-state index contributed by atoms with van der Waals surface area (Å²) >= 11 is 0. The Kier molecular flexibility index (Phi) is 8.23. The third-order valence-electron chi connectivity index (χ3n) is 5.36. The fourth-order valence-corrected chi connectivity index (χ4v) is 6.49. The lowest BCUT2D eigenvalue weighted by Gasteiger charge is -2.26. The average molecular weight is 483 g/mol. The lowest BCUT2D eigenvalue weighted by molar-refractivity contribution is 0.0729. The second-order valence-corrected chi connectivity index (χ2v) is 11.3. The van der Waals surface area contributed by atoms with E-state index in [-0.39, 0.29) is 10.6 Å². The number of rotatable bonds is 10. The number of nitrogens with zero attached hydrogens (tertiary/aromatic N) is 3. The van der Waals surface area contributed by atoms with Crippen LogP contribution in [0.2, 0.25) is 0 Å². The second-order valence-electron chi connectivity index (χ2n) is 7.36. The van der Waals surface area contributed by atoms with E-state index < -0.39 is 20.0 Å². The number of pyridine rings is 1. The van der Waals surface area contributed by atoms with Crippen LogP contribution in [0.4, 0.5) is 5.82 Å². The molecule has 1 saturated heterocycles. The maximum Gasteiger partial charge on any atom is 0.244 e. The van der Waals surface area contributed by atoms with E-state index in [9.17, 15) is 16.8 Å². The van der Waals surface area contributed by atoms with Crippen molar-refractivity contribution in [3.8, 4) is 0 Å². The van der Waals surface area contributed by atoms with Gasteiger partial charge in [-0.2, -0.15) is 8.61 Å². The van der Waals surface area contributed by atoms with Gasteiger partial charge in [0.15, 0.2) is 0 Å². The zero-order valence-electron chi connectivity index (χ0n) is 18.4. The number of nitrogens with one attached hydrogen (secondary N) is 1. The van der Waals surface area contributed by atoms with Crippen molar-refractivity contribution in [2.75, 3.05) is 44.7 Å². The van der Waals surface area contributed by atoms with Crippen LogP contribution in [0.3, 0.4) is 0 Å². The Balaban J connectivity index is 1.69. The van der Waals surface area contributed by atoms with E-state index >= 15 is 0 Å². The summed E-state index contributed by atoms with van der Waals surface area (Å²) in [5, 5.41) is 3.15. The summed E-state index contributed by atoms with van der Waals surface area (Å²) in [6.07, 6.45) is 1.34. The molecule has 1 aliphatic rings. The Morgan fingerprint density at radius 1 is 1.00 bits per heavy atom. The molecule has 0 radical (unpaired) electrons. The van der Waals surface area contributed by atoms with Crippen molar-refractivity contribution < 1.29 is 21.6 Å². The maximum absolute atomic E-state index is 12.8. The Labute approximate surface area is 190 Å². The predicted octanol–water partition coefficient (Wildman–Crippen LogP) is 1.89. The van der Waals surface area contributed by atoms with Crippen LogP contribution >= 0.6 is 0 Å². The number of sulfonamides is 2. The third kappa shape index (κ3) is 5.84. The van der Waals surface area contributed by atoms with Gasteiger partial charge in [0.1, 0.15) is 10.7 Å². The van der Waals surface area contributed by atoms with Gasteiger partial charge in [-0.25, -0.2) is 21.8 Å². The highest BCUT2D eigenvalue weighted by Crippen LogP contribution is 2.19. The topological polar surface area (TPSA) is 109 Å². The van der Waals surface area contributed by atoms with Crippen molar-refractivity contribution in [3.63, 3.8) is 0 Å². The first-order valence-electron chi connectivity index (χ1n) is 10.6. The van der Waals surface area contributed by atoms with Gasteiger partial charge in [0, 0.05) is 38.9 Å². The number of morpholine rings is 1. The molecule has 32 heavy (non-hydrogen) atoms. The first-order chi connectivity index (χ1) is 15.3. The summed E-state index contributed by atoms with van der Waals surface area (Å²) in [6, 6.07) is 10.5. The summed E-state index contributed by atoms with van der Waals surface area (Å²) in [5.41, 5.74) is 1.55. The van der Waals surface area contributed by atoms with E-state index in [0.29, 0.717) is 57.3 Å². The molecule has 0 spiro atoms. The van der Waals surface area contributed by atoms with Crippen molar-refractivity contribution in [3.05, 3.63) is 53.7 Å². The van der Waals surface area contributed by atoms with Gasteiger partial charge in [-0.05, 0) is 23.3 Å². The summed E-state index contributed by atoms with van der Waals surface area (Å²) < 4.78 is 58.9. The van der Waals surface area contributed by atoms with Gasteiger partial charge in [-0.1, -0.05) is 38.1 Å². The van der Waals surface area contributed by atoms with Gasteiger partial charge in [0.25, 0.3) is 0 Å². The fraction of sp³-hybridized carbons (Fsp3) is 0.476. The van der Waals surface area contributed by atoms with E-state index in [0.717, 1.165) is 5.56 Å². The van der Waals surface area contributed by atoms with Crippen LogP contribution in [0, 0.1) is 0 Å². The van der Waals surface area contributed by atoms with Crippen LogP contribution < -0.4 is 5.32 Å². The zero-order valence-corrected chi connectivity index (χ0v) is 20.0. The number of aromatic nitrogens is 1. The molecule has 2 heterocycles. The molecule has 0 saturated carbocycles. The Hall–Kier alpha value is -2.05. The van der Waals surface area contributed by atoms with Gasteiger partial charge in [0.05, 0.1) is 19.0 Å². The fourth-order valence-electron chi connectivity index (χ4n) is 3.52. The standard InChI is InChI=1S/C21H30N4O5S2/c1-3-24(4-2)32(28,29)20-9-10-21(23-16-20)22-15-18-7-5-6-8-19(18)17-31(26,27)25-11-13-30-14-12-25/h5-10,16H,3-4,11-15,17H2,1-2H3,(H,22,23). The van der Waals surface area contributed by atoms with Crippen molar-refractivity contribution in [1.29, 1.82) is 0 Å². The SMILES string of the molecule is CCN(CC)S(=O)(=O)c1ccc(NCc2ccccc2CS(=O)(=O)N2CCOCC2)nc1. The highest BCUT2D eigenvalue weighted by Gasteiger charge is 2.25. The van der Waals surface area contributed by atoms with Gasteiger partial charge in [0.2, 0.25) is 20.0 Å². The monoisotopic (exact) mass is 482 g/mol. The normalized spacial score (nSPS) is 15.7. The number of benzene rings is 1. The first-order valence-corrected chi connectivity index (χ1v) is 13.6. The Bertz CT molecular complexity index is 1100. The summed E-state index contributed by atoms with van der Waals surface area (Å²) in [7, 11) is -7.00. The molecule has 1 aromatic heterocycles. The molecule has 0 amide bonds. The molecular formula is C21H30N4O5S2. The number of anilines is 1. The highest BCUT2D eigenvalue weighted by molar-refractivity contribution is 7.89. The number of hydrogen-bond donors (Lipinski definition) is 1. The van der Waals surface area contributed by atoms with Crippen molar-refractivity contribution in [1.82, 2.24) is 13.6 Å².